The summed E-state index contributed by atoms with van der Waals surface area (Å²) in [5.41, 5.74) is 0. The van der Waals surface area contributed by atoms with Gasteiger partial charge in [0.05, 0.1) is 0 Å². The summed E-state index contributed by atoms with van der Waals surface area (Å²) in [6.07, 6.45) is 1.46. The van der Waals surface area contributed by atoms with Gasteiger partial charge in [0.15, 0.2) is 5.82 Å². The highest BCUT2D eigenvalue weighted by Gasteiger charge is 1.98. The maximum atomic E-state index is 3.84. The van der Waals surface area contributed by atoms with Crippen molar-refractivity contribution >= 4 is 15.9 Å². The monoisotopic (exact) mass is 226 g/mol. The fourth-order valence-electron chi connectivity index (χ4n) is 0.697. The van der Waals surface area contributed by atoms with Gasteiger partial charge in [-0.05, 0) is 38.5 Å². The van der Waals surface area contributed by atoms with E-state index < -0.39 is 0 Å². The van der Waals surface area contributed by atoms with Crippen LogP contribution in [0.4, 0.5) is 0 Å². The van der Waals surface area contributed by atoms with Crippen LogP contribution in [-0.4, -0.2) is 30.4 Å². The van der Waals surface area contributed by atoms with Crippen molar-refractivity contribution in [3.05, 3.63) is 23.1 Å². The van der Waals surface area contributed by atoms with Gasteiger partial charge in [-0.1, -0.05) is 0 Å². The fourth-order valence-corrected chi connectivity index (χ4v) is 0.909. The summed E-state index contributed by atoms with van der Waals surface area (Å²) in [7, 11) is 0. The predicted molar refractivity (Wildman–Crippen MR) is 42.4 cm³/mol. The Balaban J connectivity index is 2.43. The third-order valence-corrected chi connectivity index (χ3v) is 1.62. The van der Waals surface area contributed by atoms with E-state index in [-0.39, 0.29) is 0 Å². The van der Waals surface area contributed by atoms with Gasteiger partial charge in [0.2, 0.25) is 0 Å². The van der Waals surface area contributed by atoms with E-state index in [9.17, 15) is 0 Å². The van der Waals surface area contributed by atoms with Gasteiger partial charge in [0, 0.05) is 0 Å². The molecule has 0 fully saturated rings. The van der Waals surface area contributed by atoms with Crippen molar-refractivity contribution in [3.63, 3.8) is 0 Å². The molecule has 6 nitrogen and oxygen atoms in total. The minimum atomic E-state index is 0.586. The molecule has 60 valence electrons. The molecule has 0 aliphatic carbocycles. The van der Waals surface area contributed by atoms with Gasteiger partial charge in [-0.25, -0.2) is 0 Å². The Hall–Kier alpha value is -1.37. The van der Waals surface area contributed by atoms with Crippen LogP contribution in [0.2, 0.25) is 0 Å². The lowest BCUT2D eigenvalue weighted by Crippen LogP contribution is -1.99. The lowest BCUT2D eigenvalue weighted by molar-refractivity contribution is 0.753. The Morgan fingerprint density at radius 1 is 1.25 bits per heavy atom. The van der Waals surface area contributed by atoms with Gasteiger partial charge >= 0.3 is 0 Å². The molecule has 2 heterocycles. The molecule has 2 aromatic heterocycles. The van der Waals surface area contributed by atoms with Crippen LogP contribution in [0.15, 0.2) is 23.1 Å². The molecular weight excluding hydrogens is 224 g/mol. The Bertz CT molecular complexity index is 354. The molecule has 0 N–H and O–H groups in total. The standard InChI is InChI=1S/C5H3BrN6/c6-4-1-2-5(9-8-4)12-3-7-10-11-12/h1-3H. The molecular formula is C5H3BrN6. The minimum absolute atomic E-state index is 0.586. The third kappa shape index (κ3) is 1.30. The van der Waals surface area contributed by atoms with Crippen LogP contribution in [0.25, 0.3) is 5.82 Å². The van der Waals surface area contributed by atoms with E-state index in [1.54, 1.807) is 12.1 Å². The number of aromatic nitrogens is 6. The molecule has 0 saturated heterocycles. The normalized spacial score (nSPS) is 10.1. The van der Waals surface area contributed by atoms with Gasteiger partial charge in [0.1, 0.15) is 10.9 Å². The fraction of sp³-hybridized carbons (Fsp3) is 0. The highest BCUT2D eigenvalue weighted by Crippen LogP contribution is 2.04. The van der Waals surface area contributed by atoms with E-state index >= 15 is 0 Å². The average molecular weight is 227 g/mol. The summed E-state index contributed by atoms with van der Waals surface area (Å²) in [5, 5.41) is 18.2. The summed E-state index contributed by atoms with van der Waals surface area (Å²) in [4.78, 5) is 0. The number of halogens is 1. The third-order valence-electron chi connectivity index (χ3n) is 1.20. The second kappa shape index (κ2) is 2.94. The minimum Gasteiger partial charge on any atom is -0.180 e. The van der Waals surface area contributed by atoms with Crippen molar-refractivity contribution in [1.82, 2.24) is 30.4 Å². The molecule has 2 rings (SSSR count). The molecule has 0 aliphatic rings. The lowest BCUT2D eigenvalue weighted by atomic mass is 10.5. The van der Waals surface area contributed by atoms with E-state index in [4.69, 9.17) is 0 Å². The Labute approximate surface area is 75.7 Å². The summed E-state index contributed by atoms with van der Waals surface area (Å²) >= 11 is 3.17. The van der Waals surface area contributed by atoms with Crippen LogP contribution in [-0.2, 0) is 0 Å². The Kier molecular flexibility index (Phi) is 1.78. The Morgan fingerprint density at radius 3 is 2.75 bits per heavy atom. The number of tetrazole rings is 1. The number of rotatable bonds is 1. The van der Waals surface area contributed by atoms with E-state index in [2.05, 4.69) is 41.7 Å². The van der Waals surface area contributed by atoms with Crippen LogP contribution >= 0.6 is 15.9 Å². The largest absolute Gasteiger partial charge is 0.180 e. The summed E-state index contributed by atoms with van der Waals surface area (Å²) in [6, 6.07) is 3.53. The first-order chi connectivity index (χ1) is 5.86. The first-order valence-electron chi connectivity index (χ1n) is 3.09. The molecule has 0 spiro atoms. The van der Waals surface area contributed by atoms with Crippen LogP contribution < -0.4 is 0 Å². The van der Waals surface area contributed by atoms with Crippen LogP contribution in [0.5, 0.6) is 0 Å². The first kappa shape index (κ1) is 7.29. The zero-order valence-electron chi connectivity index (χ0n) is 5.79. The summed E-state index contributed by atoms with van der Waals surface area (Å²) in [5.74, 6) is 0.586. The van der Waals surface area contributed by atoms with Crippen molar-refractivity contribution in [1.29, 1.82) is 0 Å². The number of hydrogen-bond acceptors (Lipinski definition) is 5. The van der Waals surface area contributed by atoms with Crippen LogP contribution in [0.1, 0.15) is 0 Å². The van der Waals surface area contributed by atoms with Gasteiger partial charge in [0.25, 0.3) is 0 Å². The highest BCUT2D eigenvalue weighted by atomic mass is 79.9. The smallest absolute Gasteiger partial charge is 0.179 e. The molecule has 0 bridgehead atoms. The van der Waals surface area contributed by atoms with Crippen molar-refractivity contribution in [3.8, 4) is 5.82 Å². The van der Waals surface area contributed by atoms with E-state index in [0.29, 0.717) is 10.4 Å². The zero-order valence-corrected chi connectivity index (χ0v) is 7.38. The first-order valence-corrected chi connectivity index (χ1v) is 3.88. The van der Waals surface area contributed by atoms with Gasteiger partial charge in [-0.3, -0.25) is 0 Å². The molecule has 0 amide bonds. The molecule has 0 radical (unpaired) electrons. The van der Waals surface area contributed by atoms with Crippen molar-refractivity contribution in [2.45, 2.75) is 0 Å². The lowest BCUT2D eigenvalue weighted by Gasteiger charge is -1.94. The zero-order chi connectivity index (χ0) is 8.39. The summed E-state index contributed by atoms with van der Waals surface area (Å²) in [6.45, 7) is 0. The predicted octanol–water partition coefficient (Wildman–Crippen LogP) is 0.215. The van der Waals surface area contributed by atoms with E-state index in [1.165, 1.54) is 11.0 Å². The number of hydrogen-bond donors (Lipinski definition) is 0. The molecule has 2 aromatic rings. The maximum Gasteiger partial charge on any atom is 0.179 e. The molecule has 12 heavy (non-hydrogen) atoms. The maximum absolute atomic E-state index is 3.84. The molecule has 0 aromatic carbocycles. The van der Waals surface area contributed by atoms with Gasteiger partial charge < -0.3 is 0 Å². The molecule has 0 saturated carbocycles. The van der Waals surface area contributed by atoms with Gasteiger partial charge in [-0.2, -0.15) is 4.68 Å². The molecule has 0 atom stereocenters. The molecule has 0 unspecified atom stereocenters. The second-order valence-corrected chi connectivity index (χ2v) is 2.78. The summed E-state index contributed by atoms with van der Waals surface area (Å²) < 4.78 is 2.11. The Morgan fingerprint density at radius 2 is 2.17 bits per heavy atom. The highest BCUT2D eigenvalue weighted by molar-refractivity contribution is 9.10. The van der Waals surface area contributed by atoms with Crippen molar-refractivity contribution < 1.29 is 0 Å². The van der Waals surface area contributed by atoms with Crippen LogP contribution in [0, 0.1) is 0 Å². The second-order valence-electron chi connectivity index (χ2n) is 1.97. The van der Waals surface area contributed by atoms with E-state index in [1.807, 2.05) is 0 Å². The average Bonchev–Trinajstić information content (AvgIpc) is 2.58. The van der Waals surface area contributed by atoms with E-state index in [0.717, 1.165) is 0 Å². The number of nitrogens with zero attached hydrogens (tertiary/aromatic N) is 6. The SMILES string of the molecule is Brc1ccc(-n2cnnn2)nn1. The van der Waals surface area contributed by atoms with Crippen LogP contribution in [0.3, 0.4) is 0 Å². The topological polar surface area (TPSA) is 69.4 Å². The van der Waals surface area contributed by atoms with Gasteiger partial charge in [-0.15, -0.1) is 15.3 Å². The quantitative estimate of drug-likeness (QED) is 0.696. The molecule has 7 heteroatoms. The molecule has 0 aliphatic heterocycles. The van der Waals surface area contributed by atoms with Crippen molar-refractivity contribution in [2.75, 3.05) is 0 Å². The van der Waals surface area contributed by atoms with Crippen molar-refractivity contribution in [2.24, 2.45) is 0 Å².